The third kappa shape index (κ3) is 4.43. The molecule has 2 aromatic carbocycles. The highest BCUT2D eigenvalue weighted by Crippen LogP contribution is 2.37. The van der Waals surface area contributed by atoms with Crippen molar-refractivity contribution in [3.8, 4) is 11.1 Å². The summed E-state index contributed by atoms with van der Waals surface area (Å²) in [5.41, 5.74) is 3.39. The lowest BCUT2D eigenvalue weighted by atomic mass is 9.94. The van der Waals surface area contributed by atoms with Gasteiger partial charge in [0.05, 0.1) is 17.6 Å². The lowest BCUT2D eigenvalue weighted by molar-refractivity contribution is -0.137. The SMILES string of the molecule is O=C1C(Cc2c(Cl)cc(-c3ccc(C(F)(F)F)cc3)cc2Cl)CCN1C1CCc2nc[nH]c2C1. The number of alkyl halides is 3. The third-order valence-corrected chi connectivity index (χ3v) is 7.56. The zero-order valence-corrected chi connectivity index (χ0v) is 19.6. The van der Waals surface area contributed by atoms with Gasteiger partial charge >= 0.3 is 6.18 Å². The lowest BCUT2D eigenvalue weighted by Gasteiger charge is -2.31. The van der Waals surface area contributed by atoms with Crippen LogP contribution in [0.3, 0.4) is 0 Å². The third-order valence-electron chi connectivity index (χ3n) is 6.89. The van der Waals surface area contributed by atoms with E-state index in [0.29, 0.717) is 39.7 Å². The number of nitrogens with one attached hydrogen (secondary N) is 1. The number of H-pyrrole nitrogens is 1. The molecule has 1 aromatic heterocycles. The van der Waals surface area contributed by atoms with E-state index in [4.69, 9.17) is 23.2 Å². The van der Waals surface area contributed by atoms with Crippen molar-refractivity contribution in [2.75, 3.05) is 6.54 Å². The molecule has 4 nitrogen and oxygen atoms in total. The minimum absolute atomic E-state index is 0.118. The van der Waals surface area contributed by atoms with E-state index >= 15 is 0 Å². The summed E-state index contributed by atoms with van der Waals surface area (Å²) in [5.74, 6) is -0.0815. The molecule has 1 saturated heterocycles. The molecule has 2 heterocycles. The molecule has 3 aromatic rings. The molecule has 1 N–H and O–H groups in total. The van der Waals surface area contributed by atoms with Crippen LogP contribution >= 0.6 is 23.2 Å². The topological polar surface area (TPSA) is 49.0 Å². The van der Waals surface area contributed by atoms with Crippen LogP contribution in [0.1, 0.15) is 35.4 Å². The molecular formula is C25H22Cl2F3N3O. The van der Waals surface area contributed by atoms with E-state index in [2.05, 4.69) is 9.97 Å². The first-order chi connectivity index (χ1) is 16.2. The fourth-order valence-corrected chi connectivity index (χ4v) is 5.67. The normalized spacial score (nSPS) is 20.6. The minimum Gasteiger partial charge on any atom is -0.348 e. The molecule has 2 aliphatic rings. The Balaban J connectivity index is 1.30. The number of fused-ring (bicyclic) bond motifs is 1. The average molecular weight is 508 g/mol. The molecule has 34 heavy (non-hydrogen) atoms. The van der Waals surface area contributed by atoms with Crippen LogP contribution in [0, 0.1) is 5.92 Å². The van der Waals surface area contributed by atoms with E-state index < -0.39 is 11.7 Å². The molecular weight excluding hydrogens is 486 g/mol. The Hall–Kier alpha value is -2.51. The number of hydrogen-bond donors (Lipinski definition) is 1. The Morgan fingerprint density at radius 1 is 1.06 bits per heavy atom. The second kappa shape index (κ2) is 8.93. The fourth-order valence-electron chi connectivity index (χ4n) is 5.03. The average Bonchev–Trinajstić information content (AvgIpc) is 3.41. The van der Waals surface area contributed by atoms with Crippen LogP contribution in [0.25, 0.3) is 11.1 Å². The molecule has 9 heteroatoms. The van der Waals surface area contributed by atoms with E-state index in [1.165, 1.54) is 12.1 Å². The number of likely N-dealkylation sites (tertiary alicyclic amines) is 1. The molecule has 0 radical (unpaired) electrons. The monoisotopic (exact) mass is 507 g/mol. The van der Waals surface area contributed by atoms with Gasteiger partial charge in [0.1, 0.15) is 0 Å². The number of halogens is 5. The number of carbonyl (C=O) groups is 1. The number of aromatic amines is 1. The Morgan fingerprint density at radius 3 is 2.44 bits per heavy atom. The molecule has 0 bridgehead atoms. The van der Waals surface area contributed by atoms with Gasteiger partial charge in [-0.15, -0.1) is 0 Å². The zero-order valence-electron chi connectivity index (χ0n) is 18.1. The molecule has 1 amide bonds. The Bertz CT molecular complexity index is 1200. The summed E-state index contributed by atoms with van der Waals surface area (Å²) in [6.07, 6.45) is 1.04. The second-order valence-electron chi connectivity index (χ2n) is 8.94. The van der Waals surface area contributed by atoms with Gasteiger partial charge in [0.15, 0.2) is 0 Å². The highest BCUT2D eigenvalue weighted by Gasteiger charge is 2.38. The molecule has 5 rings (SSSR count). The van der Waals surface area contributed by atoms with Gasteiger partial charge in [0.25, 0.3) is 0 Å². The van der Waals surface area contributed by atoms with Gasteiger partial charge < -0.3 is 9.88 Å². The summed E-state index contributed by atoms with van der Waals surface area (Å²) in [6.45, 7) is 0.705. The predicted molar refractivity (Wildman–Crippen MR) is 125 cm³/mol. The van der Waals surface area contributed by atoms with Gasteiger partial charge in [-0.2, -0.15) is 13.2 Å². The van der Waals surface area contributed by atoms with Crippen molar-refractivity contribution < 1.29 is 18.0 Å². The molecule has 2 unspecified atom stereocenters. The van der Waals surface area contributed by atoms with Gasteiger partial charge in [-0.25, -0.2) is 4.98 Å². The Kier molecular flexibility index (Phi) is 6.10. The summed E-state index contributed by atoms with van der Waals surface area (Å²) in [6, 6.07) is 8.43. The summed E-state index contributed by atoms with van der Waals surface area (Å²) in [7, 11) is 0. The number of amides is 1. The van der Waals surface area contributed by atoms with Gasteiger partial charge in [-0.05, 0) is 66.6 Å². The van der Waals surface area contributed by atoms with Crippen LogP contribution < -0.4 is 0 Å². The second-order valence-corrected chi connectivity index (χ2v) is 9.75. The first-order valence-corrected chi connectivity index (χ1v) is 11.9. The Labute approximate surface area is 205 Å². The molecule has 0 saturated carbocycles. The van der Waals surface area contributed by atoms with E-state index in [9.17, 15) is 18.0 Å². The summed E-state index contributed by atoms with van der Waals surface area (Å²) in [4.78, 5) is 22.7. The van der Waals surface area contributed by atoms with Gasteiger partial charge in [0.2, 0.25) is 5.91 Å². The quantitative estimate of drug-likeness (QED) is 0.447. The summed E-state index contributed by atoms with van der Waals surface area (Å²) in [5, 5.41) is 0.821. The van der Waals surface area contributed by atoms with Crippen molar-refractivity contribution >= 4 is 29.1 Å². The van der Waals surface area contributed by atoms with Crippen LogP contribution in [0.5, 0.6) is 0 Å². The number of benzene rings is 2. The molecule has 178 valence electrons. The maximum absolute atomic E-state index is 13.2. The molecule has 0 spiro atoms. The van der Waals surface area contributed by atoms with Gasteiger partial charge in [-0.3, -0.25) is 4.79 Å². The van der Waals surface area contributed by atoms with Crippen molar-refractivity contribution in [3.63, 3.8) is 0 Å². The first-order valence-electron chi connectivity index (χ1n) is 11.2. The van der Waals surface area contributed by atoms with E-state index in [1.807, 2.05) is 4.90 Å². The predicted octanol–water partition coefficient (Wildman–Crippen LogP) is 6.35. The van der Waals surface area contributed by atoms with Gasteiger partial charge in [0, 0.05) is 40.7 Å². The number of hydrogen-bond acceptors (Lipinski definition) is 2. The first kappa shape index (κ1) is 23.2. The largest absolute Gasteiger partial charge is 0.416 e. The van der Waals surface area contributed by atoms with Gasteiger partial charge in [-0.1, -0.05) is 35.3 Å². The van der Waals surface area contributed by atoms with E-state index in [1.54, 1.807) is 18.5 Å². The highest BCUT2D eigenvalue weighted by molar-refractivity contribution is 6.36. The number of imidazole rings is 1. The maximum Gasteiger partial charge on any atom is 0.416 e. The molecule has 1 aliphatic carbocycles. The summed E-state index contributed by atoms with van der Waals surface area (Å²) < 4.78 is 38.5. The standard InChI is InChI=1S/C25H22Cl2F3N3O/c26-20-10-16(14-1-3-17(4-2-14)25(28,29)30)11-21(27)19(20)9-15-7-8-33(24(15)34)18-5-6-22-23(12-18)32-13-31-22/h1-4,10-11,13,15,18H,5-9,12H2,(H,31,32). The van der Waals surface area contributed by atoms with Crippen LogP contribution in [0.4, 0.5) is 13.2 Å². The van der Waals surface area contributed by atoms with Crippen molar-refractivity contribution in [1.29, 1.82) is 0 Å². The number of rotatable bonds is 4. The molecule has 1 aliphatic heterocycles. The molecule has 1 fully saturated rings. The maximum atomic E-state index is 13.2. The van der Waals surface area contributed by atoms with E-state index in [-0.39, 0.29) is 17.9 Å². The number of aromatic nitrogens is 2. The highest BCUT2D eigenvalue weighted by atomic mass is 35.5. The van der Waals surface area contributed by atoms with Crippen molar-refractivity contribution in [3.05, 3.63) is 75.3 Å². The fraction of sp³-hybridized carbons (Fsp3) is 0.360. The summed E-state index contributed by atoms with van der Waals surface area (Å²) >= 11 is 13.1. The van der Waals surface area contributed by atoms with Crippen LogP contribution in [0.15, 0.2) is 42.7 Å². The zero-order chi connectivity index (χ0) is 24.0. The number of carbonyl (C=O) groups excluding carboxylic acids is 1. The van der Waals surface area contributed by atoms with Crippen molar-refractivity contribution in [1.82, 2.24) is 14.9 Å². The lowest BCUT2D eigenvalue weighted by Crippen LogP contribution is -2.41. The van der Waals surface area contributed by atoms with Crippen LogP contribution in [-0.4, -0.2) is 33.4 Å². The smallest absolute Gasteiger partial charge is 0.348 e. The minimum atomic E-state index is -4.39. The van der Waals surface area contributed by atoms with Crippen molar-refractivity contribution in [2.45, 2.75) is 44.3 Å². The number of nitrogens with zero attached hydrogens (tertiary/aromatic N) is 2. The van der Waals surface area contributed by atoms with Crippen LogP contribution in [0.2, 0.25) is 10.0 Å². The van der Waals surface area contributed by atoms with E-state index in [0.717, 1.165) is 49.2 Å². The van der Waals surface area contributed by atoms with Crippen LogP contribution in [-0.2, 0) is 30.2 Å². The van der Waals surface area contributed by atoms with Crippen molar-refractivity contribution in [2.24, 2.45) is 5.92 Å². The number of aryl methyl sites for hydroxylation is 1. The molecule has 2 atom stereocenters. The Morgan fingerprint density at radius 2 is 1.76 bits per heavy atom.